The van der Waals surface area contributed by atoms with Gasteiger partial charge in [-0.3, -0.25) is 9.48 Å². The maximum atomic E-state index is 14.3. The summed E-state index contributed by atoms with van der Waals surface area (Å²) in [6.07, 6.45) is 7.92. The molecular formula is C27H35FN4O2. The number of fused-ring (bicyclic) bond motifs is 1. The monoisotopic (exact) mass is 466 g/mol. The minimum absolute atomic E-state index is 0.119. The molecule has 2 aromatic heterocycles. The van der Waals surface area contributed by atoms with Crippen molar-refractivity contribution in [2.75, 3.05) is 5.32 Å². The number of nitrogens with zero attached hydrogens (tertiary/aromatic N) is 3. The molecule has 1 aliphatic carbocycles. The van der Waals surface area contributed by atoms with E-state index in [2.05, 4.69) is 17.2 Å². The number of hydrogen-bond donors (Lipinski definition) is 2. The lowest BCUT2D eigenvalue weighted by Crippen LogP contribution is -2.22. The van der Waals surface area contributed by atoms with Crippen LogP contribution in [0.15, 0.2) is 36.5 Å². The molecule has 2 N–H and O–H groups in total. The van der Waals surface area contributed by atoms with E-state index in [1.165, 1.54) is 33.1 Å². The van der Waals surface area contributed by atoms with Gasteiger partial charge in [-0.15, -0.1) is 0 Å². The van der Waals surface area contributed by atoms with E-state index in [1.54, 1.807) is 32.0 Å². The topological polar surface area (TPSA) is 80.0 Å². The molecule has 0 radical (unpaired) electrons. The lowest BCUT2D eigenvalue weighted by atomic mass is 9.85. The van der Waals surface area contributed by atoms with Gasteiger partial charge in [0.1, 0.15) is 11.4 Å². The summed E-state index contributed by atoms with van der Waals surface area (Å²) in [7, 11) is 0. The summed E-state index contributed by atoms with van der Waals surface area (Å²) < 4.78 is 16.4. The number of alkyl halides is 1. The van der Waals surface area contributed by atoms with Crippen molar-refractivity contribution in [3.05, 3.63) is 53.5 Å². The number of carbonyl (C=O) groups excluding carboxylic acids is 1. The van der Waals surface area contributed by atoms with Gasteiger partial charge in [0, 0.05) is 22.8 Å². The Kier molecular flexibility index (Phi) is 6.51. The highest BCUT2D eigenvalue weighted by atomic mass is 19.1. The van der Waals surface area contributed by atoms with Crippen LogP contribution in [0.2, 0.25) is 0 Å². The first kappa shape index (κ1) is 24.3. The van der Waals surface area contributed by atoms with E-state index in [0.717, 1.165) is 29.7 Å². The molecule has 2 heterocycles. The van der Waals surface area contributed by atoms with Crippen molar-refractivity contribution >= 4 is 22.5 Å². The fourth-order valence-corrected chi connectivity index (χ4v) is 4.78. The smallest absolute Gasteiger partial charge is 0.274 e. The number of halogens is 1. The molecule has 0 bridgehead atoms. The van der Waals surface area contributed by atoms with E-state index in [0.29, 0.717) is 17.3 Å². The second kappa shape index (κ2) is 9.10. The Bertz CT molecular complexity index is 1180. The first-order valence-corrected chi connectivity index (χ1v) is 12.2. The van der Waals surface area contributed by atoms with Crippen LogP contribution in [0, 0.1) is 5.92 Å². The van der Waals surface area contributed by atoms with Crippen molar-refractivity contribution in [1.29, 1.82) is 0 Å². The molecule has 0 atom stereocenters. The first-order chi connectivity index (χ1) is 16.0. The SMILES string of the molecule is CCC1CCC(n2cc3cc(NC(=O)c4cccc(C(C)(C)F)n4)c(C(C)(C)O)cc3n2)CC1. The highest BCUT2D eigenvalue weighted by Gasteiger charge is 2.26. The Morgan fingerprint density at radius 3 is 2.50 bits per heavy atom. The van der Waals surface area contributed by atoms with Gasteiger partial charge in [0.2, 0.25) is 0 Å². The van der Waals surface area contributed by atoms with Crippen molar-refractivity contribution in [3.63, 3.8) is 0 Å². The second-order valence-electron chi connectivity index (χ2n) is 10.5. The lowest BCUT2D eigenvalue weighted by molar-refractivity contribution is 0.0793. The summed E-state index contributed by atoms with van der Waals surface area (Å²) in [6.45, 7) is 8.42. The van der Waals surface area contributed by atoms with Crippen molar-refractivity contribution in [3.8, 4) is 0 Å². The fraction of sp³-hybridized carbons (Fsp3) is 0.519. The summed E-state index contributed by atoms with van der Waals surface area (Å²) in [5, 5.41) is 19.4. The third kappa shape index (κ3) is 5.14. The minimum atomic E-state index is -1.65. The Morgan fingerprint density at radius 2 is 1.88 bits per heavy atom. The van der Waals surface area contributed by atoms with E-state index in [1.807, 2.05) is 23.0 Å². The van der Waals surface area contributed by atoms with Gasteiger partial charge in [-0.25, -0.2) is 9.37 Å². The van der Waals surface area contributed by atoms with E-state index in [-0.39, 0.29) is 11.4 Å². The van der Waals surface area contributed by atoms with Crippen molar-refractivity contribution < 1.29 is 14.3 Å². The average Bonchev–Trinajstić information content (AvgIpc) is 3.20. The van der Waals surface area contributed by atoms with Gasteiger partial charge < -0.3 is 10.4 Å². The van der Waals surface area contributed by atoms with E-state index < -0.39 is 17.2 Å². The maximum Gasteiger partial charge on any atom is 0.274 e. The molecule has 4 rings (SSSR count). The second-order valence-corrected chi connectivity index (χ2v) is 10.5. The van der Waals surface area contributed by atoms with Crippen LogP contribution in [0.4, 0.5) is 10.1 Å². The third-order valence-electron chi connectivity index (χ3n) is 6.93. The van der Waals surface area contributed by atoms with Crippen LogP contribution in [0.25, 0.3) is 10.9 Å². The van der Waals surface area contributed by atoms with Gasteiger partial charge in [0.25, 0.3) is 5.91 Å². The van der Waals surface area contributed by atoms with E-state index >= 15 is 0 Å². The lowest BCUT2D eigenvalue weighted by Gasteiger charge is -2.27. The molecular weight excluding hydrogens is 431 g/mol. The summed E-state index contributed by atoms with van der Waals surface area (Å²) in [6, 6.07) is 8.80. The normalized spacial score (nSPS) is 19.4. The zero-order chi connectivity index (χ0) is 24.7. The Balaban J connectivity index is 1.66. The standard InChI is InChI=1S/C27H35FN4O2/c1-6-17-10-12-19(13-11-17)32-16-18-14-23(20(27(4,5)34)15-22(18)31-32)30-25(33)21-8-7-9-24(29-21)26(2,3)28/h7-9,14-17,19,34H,6,10-13H2,1-5H3,(H,30,33). The van der Waals surface area contributed by atoms with Gasteiger partial charge in [-0.05, 0) is 83.6 Å². The number of carbonyl (C=O) groups is 1. The van der Waals surface area contributed by atoms with Crippen molar-refractivity contribution in [1.82, 2.24) is 14.8 Å². The summed E-state index contributed by atoms with van der Waals surface area (Å²) in [5.41, 5.74) is -0.701. The molecule has 1 fully saturated rings. The van der Waals surface area contributed by atoms with Gasteiger partial charge >= 0.3 is 0 Å². The molecule has 1 aromatic carbocycles. The number of aromatic nitrogens is 3. The van der Waals surface area contributed by atoms with Gasteiger partial charge in [-0.1, -0.05) is 19.4 Å². The summed E-state index contributed by atoms with van der Waals surface area (Å²) in [4.78, 5) is 17.2. The zero-order valence-corrected chi connectivity index (χ0v) is 20.7. The fourth-order valence-electron chi connectivity index (χ4n) is 4.78. The molecule has 0 spiro atoms. The molecule has 3 aromatic rings. The predicted molar refractivity (Wildman–Crippen MR) is 133 cm³/mol. The number of pyridine rings is 1. The quantitative estimate of drug-likeness (QED) is 0.449. The third-order valence-corrected chi connectivity index (χ3v) is 6.93. The number of benzene rings is 1. The largest absolute Gasteiger partial charge is 0.386 e. The van der Waals surface area contributed by atoms with E-state index in [9.17, 15) is 14.3 Å². The average molecular weight is 467 g/mol. The molecule has 182 valence electrons. The summed E-state index contributed by atoms with van der Waals surface area (Å²) >= 11 is 0. The summed E-state index contributed by atoms with van der Waals surface area (Å²) in [5.74, 6) is 0.348. The number of amides is 1. The van der Waals surface area contributed by atoms with Crippen LogP contribution in [0.5, 0.6) is 0 Å². The molecule has 1 aliphatic rings. The molecule has 6 nitrogen and oxygen atoms in total. The maximum absolute atomic E-state index is 14.3. The van der Waals surface area contributed by atoms with Crippen LogP contribution < -0.4 is 5.32 Å². The molecule has 0 aliphatic heterocycles. The number of aliphatic hydroxyl groups is 1. The van der Waals surface area contributed by atoms with Crippen LogP contribution in [-0.4, -0.2) is 25.8 Å². The highest BCUT2D eigenvalue weighted by molar-refractivity contribution is 6.04. The predicted octanol–water partition coefficient (Wildman–Crippen LogP) is 6.26. The Hall–Kier alpha value is -2.80. The van der Waals surface area contributed by atoms with Crippen LogP contribution in [0.3, 0.4) is 0 Å². The number of hydrogen-bond acceptors (Lipinski definition) is 4. The molecule has 34 heavy (non-hydrogen) atoms. The molecule has 0 unspecified atom stereocenters. The van der Waals surface area contributed by atoms with Crippen LogP contribution in [-0.2, 0) is 11.3 Å². The Morgan fingerprint density at radius 1 is 1.18 bits per heavy atom. The van der Waals surface area contributed by atoms with Gasteiger partial charge in [0.05, 0.1) is 22.9 Å². The Labute approximate surface area is 200 Å². The highest BCUT2D eigenvalue weighted by Crippen LogP contribution is 2.36. The molecule has 0 saturated heterocycles. The minimum Gasteiger partial charge on any atom is -0.386 e. The number of rotatable bonds is 6. The molecule has 7 heteroatoms. The van der Waals surface area contributed by atoms with Crippen molar-refractivity contribution in [2.45, 2.75) is 84.0 Å². The first-order valence-electron chi connectivity index (χ1n) is 12.2. The molecule has 1 saturated carbocycles. The van der Waals surface area contributed by atoms with Gasteiger partial charge in [0.15, 0.2) is 0 Å². The number of anilines is 1. The van der Waals surface area contributed by atoms with Crippen LogP contribution >= 0.6 is 0 Å². The van der Waals surface area contributed by atoms with Gasteiger partial charge in [-0.2, -0.15) is 5.10 Å². The van der Waals surface area contributed by atoms with Crippen LogP contribution in [0.1, 0.15) is 94.5 Å². The zero-order valence-electron chi connectivity index (χ0n) is 20.7. The number of nitrogens with one attached hydrogen (secondary N) is 1. The van der Waals surface area contributed by atoms with E-state index in [4.69, 9.17) is 5.10 Å². The molecule has 1 amide bonds. The van der Waals surface area contributed by atoms with Crippen molar-refractivity contribution in [2.24, 2.45) is 5.92 Å².